The van der Waals surface area contributed by atoms with E-state index in [2.05, 4.69) is 31.2 Å². The standard InChI is InChI=1S/C17H30ClN3/c1-6-19-14(13-7-9-17(3,4)10-8-13)11-15-16(18)12(2)20-21(15)5/h13-14,19H,6-11H2,1-5H3. The van der Waals surface area contributed by atoms with Gasteiger partial charge in [0.05, 0.1) is 16.4 Å². The van der Waals surface area contributed by atoms with Crippen LogP contribution in [0.4, 0.5) is 0 Å². The maximum atomic E-state index is 6.43. The summed E-state index contributed by atoms with van der Waals surface area (Å²) in [5.41, 5.74) is 2.63. The normalized spacial score (nSPS) is 20.7. The number of likely N-dealkylation sites (N-methyl/N-ethyl adjacent to an activating group) is 1. The molecule has 21 heavy (non-hydrogen) atoms. The first kappa shape index (κ1) is 16.8. The molecule has 1 unspecified atom stereocenters. The van der Waals surface area contributed by atoms with Crippen LogP contribution in [0.15, 0.2) is 0 Å². The number of rotatable bonds is 5. The average molecular weight is 312 g/mol. The molecule has 0 radical (unpaired) electrons. The molecule has 1 aliphatic carbocycles. The highest BCUT2D eigenvalue weighted by Crippen LogP contribution is 2.40. The van der Waals surface area contributed by atoms with Crippen molar-refractivity contribution in [3.05, 3.63) is 16.4 Å². The van der Waals surface area contributed by atoms with Gasteiger partial charge in [-0.3, -0.25) is 4.68 Å². The van der Waals surface area contributed by atoms with Gasteiger partial charge in [0.2, 0.25) is 0 Å². The molecule has 1 saturated carbocycles. The van der Waals surface area contributed by atoms with E-state index in [9.17, 15) is 0 Å². The first-order chi connectivity index (χ1) is 9.84. The third kappa shape index (κ3) is 4.01. The van der Waals surface area contributed by atoms with E-state index in [-0.39, 0.29) is 0 Å². The van der Waals surface area contributed by atoms with Gasteiger partial charge < -0.3 is 5.32 Å². The van der Waals surface area contributed by atoms with Gasteiger partial charge in [-0.2, -0.15) is 5.10 Å². The second-order valence-electron chi connectivity index (χ2n) is 7.34. The lowest BCUT2D eigenvalue weighted by atomic mass is 9.70. The zero-order chi connectivity index (χ0) is 15.6. The summed E-state index contributed by atoms with van der Waals surface area (Å²) in [6, 6.07) is 0.512. The smallest absolute Gasteiger partial charge is 0.0847 e. The average Bonchev–Trinajstić information content (AvgIpc) is 2.65. The summed E-state index contributed by atoms with van der Waals surface area (Å²) in [7, 11) is 2.00. The van der Waals surface area contributed by atoms with Gasteiger partial charge in [-0.05, 0) is 50.5 Å². The predicted octanol–water partition coefficient (Wildman–Crippen LogP) is 4.12. The fourth-order valence-electron chi connectivity index (χ4n) is 3.60. The molecule has 0 aliphatic heterocycles. The SMILES string of the molecule is CCNC(Cc1c(Cl)c(C)nn1C)C1CCC(C)(C)CC1. The van der Waals surface area contributed by atoms with Crippen molar-refractivity contribution in [1.29, 1.82) is 0 Å². The van der Waals surface area contributed by atoms with Gasteiger partial charge in [0.25, 0.3) is 0 Å². The number of halogens is 1. The Kier molecular flexibility index (Phi) is 5.37. The number of aromatic nitrogens is 2. The lowest BCUT2D eigenvalue weighted by Gasteiger charge is -2.38. The fraction of sp³-hybridized carbons (Fsp3) is 0.824. The maximum absolute atomic E-state index is 6.43. The summed E-state index contributed by atoms with van der Waals surface area (Å²) in [5.74, 6) is 0.754. The summed E-state index contributed by atoms with van der Waals surface area (Å²) in [5, 5.41) is 8.99. The van der Waals surface area contributed by atoms with E-state index in [1.807, 2.05) is 18.7 Å². The number of nitrogens with one attached hydrogen (secondary N) is 1. The Morgan fingerprint density at radius 2 is 2.00 bits per heavy atom. The van der Waals surface area contributed by atoms with Crippen LogP contribution in [-0.2, 0) is 13.5 Å². The lowest BCUT2D eigenvalue weighted by Crippen LogP contribution is -2.41. The molecule has 0 amide bonds. The van der Waals surface area contributed by atoms with Gasteiger partial charge in [0.15, 0.2) is 0 Å². The van der Waals surface area contributed by atoms with Crippen LogP contribution in [0.25, 0.3) is 0 Å². The van der Waals surface area contributed by atoms with E-state index in [0.717, 1.165) is 29.6 Å². The number of hydrogen-bond acceptors (Lipinski definition) is 2. The summed E-state index contributed by atoms with van der Waals surface area (Å²) >= 11 is 6.43. The Bertz CT molecular complexity index is 469. The highest BCUT2D eigenvalue weighted by atomic mass is 35.5. The highest BCUT2D eigenvalue weighted by molar-refractivity contribution is 6.31. The van der Waals surface area contributed by atoms with Crippen LogP contribution in [0.1, 0.15) is 57.8 Å². The number of nitrogens with zero attached hydrogens (tertiary/aromatic N) is 2. The minimum atomic E-state index is 0.512. The molecule has 1 N–H and O–H groups in total. The molecule has 1 aromatic rings. The van der Waals surface area contributed by atoms with Crippen molar-refractivity contribution in [3.8, 4) is 0 Å². The van der Waals surface area contributed by atoms with E-state index in [1.165, 1.54) is 31.4 Å². The quantitative estimate of drug-likeness (QED) is 0.886. The molecule has 4 heteroatoms. The molecule has 1 heterocycles. The minimum absolute atomic E-state index is 0.512. The molecule has 120 valence electrons. The third-order valence-electron chi connectivity index (χ3n) is 5.09. The second-order valence-corrected chi connectivity index (χ2v) is 7.72. The maximum Gasteiger partial charge on any atom is 0.0847 e. The topological polar surface area (TPSA) is 29.9 Å². The van der Waals surface area contributed by atoms with Crippen LogP contribution in [0.3, 0.4) is 0 Å². The molecule has 1 aliphatic rings. The van der Waals surface area contributed by atoms with Gasteiger partial charge in [-0.15, -0.1) is 0 Å². The van der Waals surface area contributed by atoms with Crippen molar-refractivity contribution in [2.24, 2.45) is 18.4 Å². The Morgan fingerprint density at radius 1 is 1.38 bits per heavy atom. The molecule has 1 atom stereocenters. The largest absolute Gasteiger partial charge is 0.314 e. The van der Waals surface area contributed by atoms with Gasteiger partial charge in [-0.25, -0.2) is 0 Å². The van der Waals surface area contributed by atoms with Crippen LogP contribution in [0, 0.1) is 18.3 Å². The van der Waals surface area contributed by atoms with Crippen LogP contribution < -0.4 is 5.32 Å². The minimum Gasteiger partial charge on any atom is -0.314 e. The highest BCUT2D eigenvalue weighted by Gasteiger charge is 2.32. The van der Waals surface area contributed by atoms with E-state index < -0.39 is 0 Å². The van der Waals surface area contributed by atoms with Gasteiger partial charge in [0, 0.05) is 19.5 Å². The van der Waals surface area contributed by atoms with Crippen molar-refractivity contribution in [3.63, 3.8) is 0 Å². The van der Waals surface area contributed by atoms with Crippen molar-refractivity contribution in [1.82, 2.24) is 15.1 Å². The monoisotopic (exact) mass is 311 g/mol. The first-order valence-corrected chi connectivity index (χ1v) is 8.63. The fourth-order valence-corrected chi connectivity index (χ4v) is 3.84. The number of hydrogen-bond donors (Lipinski definition) is 1. The molecule has 0 spiro atoms. The molecule has 0 aromatic carbocycles. The molecule has 0 saturated heterocycles. The van der Waals surface area contributed by atoms with Gasteiger partial charge >= 0.3 is 0 Å². The predicted molar refractivity (Wildman–Crippen MR) is 89.9 cm³/mol. The molecule has 1 aromatic heterocycles. The van der Waals surface area contributed by atoms with Crippen molar-refractivity contribution in [2.45, 2.75) is 65.8 Å². The molecule has 0 bridgehead atoms. The van der Waals surface area contributed by atoms with E-state index in [4.69, 9.17) is 11.6 Å². The van der Waals surface area contributed by atoms with Crippen LogP contribution >= 0.6 is 11.6 Å². The third-order valence-corrected chi connectivity index (χ3v) is 5.59. The molecule has 1 fully saturated rings. The van der Waals surface area contributed by atoms with E-state index in [1.54, 1.807) is 0 Å². The van der Waals surface area contributed by atoms with Crippen LogP contribution in [0.2, 0.25) is 5.02 Å². The van der Waals surface area contributed by atoms with Crippen molar-refractivity contribution in [2.75, 3.05) is 6.54 Å². The zero-order valence-corrected chi connectivity index (χ0v) is 14.9. The van der Waals surface area contributed by atoms with Crippen molar-refractivity contribution < 1.29 is 0 Å². The van der Waals surface area contributed by atoms with Gasteiger partial charge in [-0.1, -0.05) is 32.4 Å². The van der Waals surface area contributed by atoms with Crippen molar-refractivity contribution >= 4 is 11.6 Å². The van der Waals surface area contributed by atoms with E-state index >= 15 is 0 Å². The molecular weight excluding hydrogens is 282 g/mol. The number of aryl methyl sites for hydroxylation is 2. The summed E-state index contributed by atoms with van der Waals surface area (Å²) in [6.07, 6.45) is 6.28. The Labute approximate surface area is 134 Å². The Hall–Kier alpha value is -0.540. The van der Waals surface area contributed by atoms with Gasteiger partial charge in [0.1, 0.15) is 0 Å². The van der Waals surface area contributed by atoms with Crippen LogP contribution in [0.5, 0.6) is 0 Å². The molecule has 2 rings (SSSR count). The molecular formula is C17H30ClN3. The Morgan fingerprint density at radius 3 is 2.48 bits per heavy atom. The summed E-state index contributed by atoms with van der Waals surface area (Å²) < 4.78 is 1.95. The summed E-state index contributed by atoms with van der Waals surface area (Å²) in [4.78, 5) is 0. The summed E-state index contributed by atoms with van der Waals surface area (Å²) in [6.45, 7) is 9.98. The lowest BCUT2D eigenvalue weighted by molar-refractivity contribution is 0.160. The van der Waals surface area contributed by atoms with E-state index in [0.29, 0.717) is 11.5 Å². The van der Waals surface area contributed by atoms with Crippen LogP contribution in [-0.4, -0.2) is 22.4 Å². The molecule has 3 nitrogen and oxygen atoms in total. The zero-order valence-electron chi connectivity index (χ0n) is 14.2. The first-order valence-electron chi connectivity index (χ1n) is 8.25. The Balaban J connectivity index is 2.09. The second kappa shape index (κ2) is 6.70.